The van der Waals surface area contributed by atoms with E-state index in [-0.39, 0.29) is 17.8 Å². The molecule has 1 saturated carbocycles. The molecule has 5 nitrogen and oxygen atoms in total. The van der Waals surface area contributed by atoms with Gasteiger partial charge in [0, 0.05) is 12.5 Å². The number of nitrogens with zero attached hydrogens (tertiary/aromatic N) is 2. The van der Waals surface area contributed by atoms with E-state index in [1.54, 1.807) is 0 Å². The number of carbonyl (C=O) groups is 1. The first-order valence-corrected chi connectivity index (χ1v) is 7.37. The van der Waals surface area contributed by atoms with Gasteiger partial charge in [-0.25, -0.2) is 4.98 Å². The Morgan fingerprint density at radius 2 is 2.21 bits per heavy atom. The Labute approximate surface area is 114 Å². The average molecular weight is 264 g/mol. The largest absolute Gasteiger partial charge is 0.346 e. The third-order valence-corrected chi connectivity index (χ3v) is 4.29. The Kier molecular flexibility index (Phi) is 4.56. The molecule has 1 amide bonds. The molecule has 0 spiro atoms. The lowest BCUT2D eigenvalue weighted by molar-refractivity contribution is 0.0916. The zero-order chi connectivity index (χ0) is 13.8. The summed E-state index contributed by atoms with van der Waals surface area (Å²) in [6, 6.07) is 0.269. The van der Waals surface area contributed by atoms with Crippen molar-refractivity contribution in [2.75, 3.05) is 0 Å². The molecule has 1 heterocycles. The van der Waals surface area contributed by atoms with E-state index in [1.165, 1.54) is 12.8 Å². The number of aromatic nitrogens is 3. The van der Waals surface area contributed by atoms with Gasteiger partial charge in [0.15, 0.2) is 0 Å². The predicted molar refractivity (Wildman–Crippen MR) is 73.8 cm³/mol. The summed E-state index contributed by atoms with van der Waals surface area (Å²) in [6.07, 6.45) is 5.29. The molecule has 1 aliphatic rings. The molecule has 1 aromatic rings. The maximum absolute atomic E-state index is 12.1. The van der Waals surface area contributed by atoms with Crippen LogP contribution >= 0.6 is 0 Å². The van der Waals surface area contributed by atoms with E-state index < -0.39 is 0 Å². The highest BCUT2D eigenvalue weighted by Crippen LogP contribution is 2.33. The van der Waals surface area contributed by atoms with Crippen LogP contribution in [0.2, 0.25) is 0 Å². The number of rotatable bonds is 5. The summed E-state index contributed by atoms with van der Waals surface area (Å²) in [5.41, 5.74) is 0. The van der Waals surface area contributed by atoms with Crippen LogP contribution in [0.5, 0.6) is 0 Å². The molecular weight excluding hydrogens is 240 g/mol. The molecule has 1 fully saturated rings. The van der Waals surface area contributed by atoms with Gasteiger partial charge >= 0.3 is 0 Å². The van der Waals surface area contributed by atoms with Gasteiger partial charge in [-0.15, -0.1) is 5.10 Å². The van der Waals surface area contributed by atoms with Crippen LogP contribution in [0.4, 0.5) is 0 Å². The highest BCUT2D eigenvalue weighted by molar-refractivity contribution is 5.90. The standard InChI is InChI=1S/C14H24N4O/c1-4-6-12-16-13(18-17-12)14(19)15-11-8-7-10(5-2)9(11)3/h9-11H,4-8H2,1-3H3,(H,15,19)(H,16,17,18). The van der Waals surface area contributed by atoms with Crippen molar-refractivity contribution >= 4 is 5.91 Å². The summed E-state index contributed by atoms with van der Waals surface area (Å²) in [5, 5.41) is 9.90. The number of amides is 1. The Balaban J connectivity index is 1.93. The zero-order valence-electron chi connectivity index (χ0n) is 12.1. The third kappa shape index (κ3) is 3.14. The van der Waals surface area contributed by atoms with Gasteiger partial charge in [-0.2, -0.15) is 0 Å². The molecule has 5 heteroatoms. The summed E-state index contributed by atoms with van der Waals surface area (Å²) in [7, 11) is 0. The van der Waals surface area contributed by atoms with Crippen LogP contribution in [0.1, 0.15) is 62.9 Å². The van der Waals surface area contributed by atoms with E-state index in [2.05, 4.69) is 41.3 Å². The monoisotopic (exact) mass is 264 g/mol. The highest BCUT2D eigenvalue weighted by atomic mass is 16.2. The number of hydrogen-bond acceptors (Lipinski definition) is 3. The molecule has 19 heavy (non-hydrogen) atoms. The SMILES string of the molecule is CCCc1nc(C(=O)NC2CCC(CC)C2C)n[nH]1. The van der Waals surface area contributed by atoms with Crippen LogP contribution in [-0.2, 0) is 6.42 Å². The van der Waals surface area contributed by atoms with Crippen LogP contribution in [-0.4, -0.2) is 27.1 Å². The van der Waals surface area contributed by atoms with Gasteiger partial charge in [-0.1, -0.05) is 27.2 Å². The fourth-order valence-corrected chi connectivity index (χ4v) is 3.01. The fourth-order valence-electron chi connectivity index (χ4n) is 3.01. The topological polar surface area (TPSA) is 70.7 Å². The zero-order valence-corrected chi connectivity index (χ0v) is 12.1. The normalized spacial score (nSPS) is 26.6. The predicted octanol–water partition coefficient (Wildman–Crippen LogP) is 2.31. The van der Waals surface area contributed by atoms with Gasteiger partial charge in [0.05, 0.1) is 0 Å². The summed E-state index contributed by atoms with van der Waals surface area (Å²) < 4.78 is 0. The maximum Gasteiger partial charge on any atom is 0.291 e. The van der Waals surface area contributed by atoms with Crippen molar-refractivity contribution in [1.82, 2.24) is 20.5 Å². The van der Waals surface area contributed by atoms with Gasteiger partial charge in [0.2, 0.25) is 5.82 Å². The summed E-state index contributed by atoms with van der Waals surface area (Å²) in [5.74, 6) is 2.19. The third-order valence-electron chi connectivity index (χ3n) is 4.29. The second-order valence-corrected chi connectivity index (χ2v) is 5.54. The van der Waals surface area contributed by atoms with Crippen molar-refractivity contribution in [3.05, 3.63) is 11.6 Å². The van der Waals surface area contributed by atoms with Gasteiger partial charge in [0.1, 0.15) is 5.82 Å². The van der Waals surface area contributed by atoms with E-state index >= 15 is 0 Å². The van der Waals surface area contributed by atoms with Crippen molar-refractivity contribution < 1.29 is 4.79 Å². The van der Waals surface area contributed by atoms with E-state index in [4.69, 9.17) is 0 Å². The van der Waals surface area contributed by atoms with Gasteiger partial charge in [0.25, 0.3) is 5.91 Å². The smallest absolute Gasteiger partial charge is 0.291 e. The van der Waals surface area contributed by atoms with Crippen molar-refractivity contribution in [1.29, 1.82) is 0 Å². The first-order chi connectivity index (χ1) is 9.15. The fraction of sp³-hybridized carbons (Fsp3) is 0.786. The summed E-state index contributed by atoms with van der Waals surface area (Å²) in [4.78, 5) is 16.3. The van der Waals surface area contributed by atoms with E-state index in [0.717, 1.165) is 31.0 Å². The van der Waals surface area contributed by atoms with Gasteiger partial charge in [-0.05, 0) is 31.1 Å². The summed E-state index contributed by atoms with van der Waals surface area (Å²) >= 11 is 0. The van der Waals surface area contributed by atoms with Crippen molar-refractivity contribution in [2.24, 2.45) is 11.8 Å². The first kappa shape index (κ1) is 14.0. The molecule has 0 saturated heterocycles. The molecule has 3 atom stereocenters. The van der Waals surface area contributed by atoms with Crippen molar-refractivity contribution in [2.45, 2.75) is 58.9 Å². The van der Waals surface area contributed by atoms with Gasteiger partial charge in [-0.3, -0.25) is 9.89 Å². The number of aromatic amines is 1. The molecular formula is C14H24N4O. The van der Waals surface area contributed by atoms with E-state index in [9.17, 15) is 4.79 Å². The second kappa shape index (κ2) is 6.17. The molecule has 0 aromatic carbocycles. The number of H-pyrrole nitrogens is 1. The number of carbonyl (C=O) groups excluding carboxylic acids is 1. The lowest BCUT2D eigenvalue weighted by Gasteiger charge is -2.20. The highest BCUT2D eigenvalue weighted by Gasteiger charge is 2.33. The molecule has 2 rings (SSSR count). The maximum atomic E-state index is 12.1. The number of hydrogen-bond donors (Lipinski definition) is 2. The molecule has 0 radical (unpaired) electrons. The van der Waals surface area contributed by atoms with E-state index in [1.807, 2.05) is 0 Å². The Morgan fingerprint density at radius 3 is 2.84 bits per heavy atom. The average Bonchev–Trinajstić information content (AvgIpc) is 2.98. The Bertz CT molecular complexity index is 429. The van der Waals surface area contributed by atoms with Gasteiger partial charge < -0.3 is 5.32 Å². The minimum atomic E-state index is -0.146. The van der Waals surface area contributed by atoms with Crippen LogP contribution in [0, 0.1) is 11.8 Å². The van der Waals surface area contributed by atoms with Crippen molar-refractivity contribution in [3.63, 3.8) is 0 Å². The van der Waals surface area contributed by atoms with Crippen LogP contribution in [0.15, 0.2) is 0 Å². The van der Waals surface area contributed by atoms with E-state index in [0.29, 0.717) is 5.92 Å². The molecule has 0 bridgehead atoms. The lowest BCUT2D eigenvalue weighted by Crippen LogP contribution is -2.38. The molecule has 106 valence electrons. The summed E-state index contributed by atoms with van der Waals surface area (Å²) in [6.45, 7) is 6.53. The quantitative estimate of drug-likeness (QED) is 0.857. The van der Waals surface area contributed by atoms with Crippen LogP contribution in [0.25, 0.3) is 0 Å². The van der Waals surface area contributed by atoms with Crippen LogP contribution in [0.3, 0.4) is 0 Å². The molecule has 0 aliphatic heterocycles. The second-order valence-electron chi connectivity index (χ2n) is 5.54. The lowest BCUT2D eigenvalue weighted by atomic mass is 9.93. The number of nitrogens with one attached hydrogen (secondary N) is 2. The molecule has 1 aliphatic carbocycles. The first-order valence-electron chi connectivity index (χ1n) is 7.37. The molecule has 2 N–H and O–H groups in total. The van der Waals surface area contributed by atoms with Crippen LogP contribution < -0.4 is 5.32 Å². The Hall–Kier alpha value is -1.39. The Morgan fingerprint density at radius 1 is 1.42 bits per heavy atom. The molecule has 3 unspecified atom stereocenters. The molecule has 1 aromatic heterocycles. The minimum absolute atomic E-state index is 0.146. The minimum Gasteiger partial charge on any atom is -0.346 e. The number of aryl methyl sites for hydroxylation is 1. The van der Waals surface area contributed by atoms with Crippen molar-refractivity contribution in [3.8, 4) is 0 Å².